The molecule has 1 aliphatic heterocycles. The van der Waals surface area contributed by atoms with Gasteiger partial charge < -0.3 is 9.53 Å². The Hall–Kier alpha value is -0.370. The third-order valence-corrected chi connectivity index (χ3v) is 3.73. The van der Waals surface area contributed by atoms with E-state index >= 15 is 0 Å². The van der Waals surface area contributed by atoms with Crippen molar-refractivity contribution in [1.29, 1.82) is 0 Å². The smallest absolute Gasteiger partial charge is 0.129 e. The fraction of sp³-hybridized carbons (Fsp3) is 0.909. The molecule has 2 nitrogen and oxygen atoms in total. The van der Waals surface area contributed by atoms with E-state index in [2.05, 4.69) is 0 Å². The summed E-state index contributed by atoms with van der Waals surface area (Å²) in [4.78, 5) is 10.9. The Balaban J connectivity index is 1.87. The molecule has 1 heterocycles. The molecule has 0 amide bonds. The fourth-order valence-electron chi connectivity index (χ4n) is 2.39. The van der Waals surface area contributed by atoms with Crippen molar-refractivity contribution in [2.75, 3.05) is 13.2 Å². The van der Waals surface area contributed by atoms with Gasteiger partial charge in [-0.15, -0.1) is 0 Å². The first-order valence-corrected chi connectivity index (χ1v) is 5.30. The molecule has 2 fully saturated rings. The second kappa shape index (κ2) is 3.41. The quantitative estimate of drug-likeness (QED) is 0.666. The van der Waals surface area contributed by atoms with Crippen molar-refractivity contribution >= 4 is 5.78 Å². The van der Waals surface area contributed by atoms with Gasteiger partial charge >= 0.3 is 0 Å². The molecule has 0 atom stereocenters. The first kappa shape index (κ1) is 9.20. The fourth-order valence-corrected chi connectivity index (χ4v) is 2.39. The Morgan fingerprint density at radius 3 is 2.46 bits per heavy atom. The van der Waals surface area contributed by atoms with Gasteiger partial charge in [0.15, 0.2) is 0 Å². The average Bonchev–Trinajstić information content (AvgIpc) is 1.89. The molecule has 0 aromatic rings. The van der Waals surface area contributed by atoms with Gasteiger partial charge in [-0.05, 0) is 32.1 Å². The van der Waals surface area contributed by atoms with Gasteiger partial charge in [-0.1, -0.05) is 6.42 Å². The summed E-state index contributed by atoms with van der Waals surface area (Å²) in [6.45, 7) is 3.50. The van der Waals surface area contributed by atoms with E-state index in [1.807, 2.05) is 0 Å². The Bertz CT molecular complexity index is 202. The van der Waals surface area contributed by atoms with E-state index in [1.165, 1.54) is 19.3 Å². The molecule has 0 bridgehead atoms. The summed E-state index contributed by atoms with van der Waals surface area (Å²) < 4.78 is 5.32. The first-order valence-electron chi connectivity index (χ1n) is 5.30. The SMILES string of the molecule is CC(=O)CCC1(C2CCC2)COC1. The molecule has 13 heavy (non-hydrogen) atoms. The maximum Gasteiger partial charge on any atom is 0.129 e. The van der Waals surface area contributed by atoms with E-state index in [1.54, 1.807) is 6.92 Å². The van der Waals surface area contributed by atoms with Crippen molar-refractivity contribution in [3.05, 3.63) is 0 Å². The second-order valence-corrected chi connectivity index (χ2v) is 4.69. The molecule has 1 saturated carbocycles. The highest BCUT2D eigenvalue weighted by Crippen LogP contribution is 2.49. The van der Waals surface area contributed by atoms with E-state index in [0.29, 0.717) is 11.2 Å². The van der Waals surface area contributed by atoms with Gasteiger partial charge in [0.05, 0.1) is 13.2 Å². The van der Waals surface area contributed by atoms with Crippen LogP contribution in [0.5, 0.6) is 0 Å². The van der Waals surface area contributed by atoms with Crippen LogP contribution in [0.15, 0.2) is 0 Å². The number of hydrogen-bond acceptors (Lipinski definition) is 2. The Morgan fingerprint density at radius 1 is 1.46 bits per heavy atom. The highest BCUT2D eigenvalue weighted by Gasteiger charge is 2.47. The van der Waals surface area contributed by atoms with Crippen molar-refractivity contribution in [2.45, 2.75) is 39.0 Å². The number of carbonyl (C=O) groups is 1. The Morgan fingerprint density at radius 2 is 2.15 bits per heavy atom. The zero-order valence-corrected chi connectivity index (χ0v) is 8.34. The van der Waals surface area contributed by atoms with Crippen molar-refractivity contribution in [1.82, 2.24) is 0 Å². The van der Waals surface area contributed by atoms with Gasteiger partial charge in [-0.3, -0.25) is 0 Å². The van der Waals surface area contributed by atoms with Crippen LogP contribution in [0, 0.1) is 11.3 Å². The first-order chi connectivity index (χ1) is 6.23. The lowest BCUT2D eigenvalue weighted by Crippen LogP contribution is -2.50. The van der Waals surface area contributed by atoms with Gasteiger partial charge in [0.25, 0.3) is 0 Å². The number of Topliss-reactive ketones (excluding diaryl/α,β-unsaturated/α-hetero) is 1. The van der Waals surface area contributed by atoms with E-state index < -0.39 is 0 Å². The zero-order valence-electron chi connectivity index (χ0n) is 8.34. The standard InChI is InChI=1S/C11H18O2/c1-9(12)5-6-11(7-13-8-11)10-3-2-4-10/h10H,2-8H2,1H3. The summed E-state index contributed by atoms with van der Waals surface area (Å²) in [6.07, 6.45) is 5.92. The van der Waals surface area contributed by atoms with E-state index in [4.69, 9.17) is 4.74 Å². The van der Waals surface area contributed by atoms with Crippen LogP contribution in [0.2, 0.25) is 0 Å². The highest BCUT2D eigenvalue weighted by atomic mass is 16.5. The minimum atomic E-state index is 0.325. The Kier molecular flexibility index (Phi) is 2.41. The molecule has 0 spiro atoms. The number of rotatable bonds is 4. The van der Waals surface area contributed by atoms with Crippen LogP contribution in [0.25, 0.3) is 0 Å². The normalized spacial score (nSPS) is 26.2. The molecule has 0 N–H and O–H groups in total. The molecule has 0 aromatic carbocycles. The largest absolute Gasteiger partial charge is 0.380 e. The molecular weight excluding hydrogens is 164 g/mol. The average molecular weight is 182 g/mol. The molecule has 1 saturated heterocycles. The predicted molar refractivity (Wildman–Crippen MR) is 50.5 cm³/mol. The topological polar surface area (TPSA) is 26.3 Å². The molecule has 2 heteroatoms. The van der Waals surface area contributed by atoms with Gasteiger partial charge in [0, 0.05) is 11.8 Å². The van der Waals surface area contributed by atoms with Crippen molar-refractivity contribution in [3.8, 4) is 0 Å². The minimum Gasteiger partial charge on any atom is -0.380 e. The maximum atomic E-state index is 10.9. The van der Waals surface area contributed by atoms with Crippen LogP contribution in [0.1, 0.15) is 39.0 Å². The molecule has 1 aliphatic carbocycles. The molecular formula is C11H18O2. The molecule has 0 unspecified atom stereocenters. The van der Waals surface area contributed by atoms with Crippen molar-refractivity contribution in [2.24, 2.45) is 11.3 Å². The van der Waals surface area contributed by atoms with Crippen LogP contribution in [0.4, 0.5) is 0 Å². The number of ketones is 1. The van der Waals surface area contributed by atoms with Crippen LogP contribution >= 0.6 is 0 Å². The lowest BCUT2D eigenvalue weighted by atomic mass is 9.62. The zero-order chi connectivity index (χ0) is 9.31. The summed E-state index contributed by atoms with van der Waals surface area (Å²) in [6, 6.07) is 0. The van der Waals surface area contributed by atoms with Crippen LogP contribution in [0.3, 0.4) is 0 Å². The molecule has 74 valence electrons. The van der Waals surface area contributed by atoms with Crippen molar-refractivity contribution in [3.63, 3.8) is 0 Å². The van der Waals surface area contributed by atoms with Gasteiger partial charge in [-0.2, -0.15) is 0 Å². The minimum absolute atomic E-state index is 0.325. The monoisotopic (exact) mass is 182 g/mol. The number of ether oxygens (including phenoxy) is 1. The summed E-state index contributed by atoms with van der Waals surface area (Å²) in [5, 5.41) is 0. The summed E-state index contributed by atoms with van der Waals surface area (Å²) in [5.41, 5.74) is 0.407. The Labute approximate surface area is 79.7 Å². The predicted octanol–water partition coefficient (Wildman–Crippen LogP) is 2.17. The van der Waals surface area contributed by atoms with E-state index in [9.17, 15) is 4.79 Å². The summed E-state index contributed by atoms with van der Waals surface area (Å²) >= 11 is 0. The lowest BCUT2D eigenvalue weighted by Gasteiger charge is -2.51. The molecule has 0 aromatic heterocycles. The van der Waals surface area contributed by atoms with Gasteiger partial charge in [0.1, 0.15) is 5.78 Å². The lowest BCUT2D eigenvalue weighted by molar-refractivity contribution is -0.168. The van der Waals surface area contributed by atoms with Crippen LogP contribution < -0.4 is 0 Å². The maximum absolute atomic E-state index is 10.9. The summed E-state index contributed by atoms with van der Waals surface area (Å²) in [7, 11) is 0. The van der Waals surface area contributed by atoms with E-state index in [0.717, 1.165) is 32.0 Å². The third-order valence-electron chi connectivity index (χ3n) is 3.73. The summed E-state index contributed by atoms with van der Waals surface area (Å²) in [5.74, 6) is 1.19. The van der Waals surface area contributed by atoms with Gasteiger partial charge in [-0.25, -0.2) is 0 Å². The van der Waals surface area contributed by atoms with E-state index in [-0.39, 0.29) is 0 Å². The molecule has 0 radical (unpaired) electrons. The van der Waals surface area contributed by atoms with Crippen LogP contribution in [-0.4, -0.2) is 19.0 Å². The van der Waals surface area contributed by atoms with Gasteiger partial charge in [0.2, 0.25) is 0 Å². The highest BCUT2D eigenvalue weighted by molar-refractivity contribution is 5.75. The van der Waals surface area contributed by atoms with Crippen LogP contribution in [-0.2, 0) is 9.53 Å². The molecule has 2 aliphatic rings. The third kappa shape index (κ3) is 1.64. The number of hydrogen-bond donors (Lipinski definition) is 0. The second-order valence-electron chi connectivity index (χ2n) is 4.69. The van der Waals surface area contributed by atoms with Crippen molar-refractivity contribution < 1.29 is 9.53 Å². The molecule has 2 rings (SSSR count). The number of carbonyl (C=O) groups excluding carboxylic acids is 1.